The molecule has 5 aliphatic rings. The molecule has 4 saturated heterocycles. The second-order valence-electron chi connectivity index (χ2n) is 10.2. The summed E-state index contributed by atoms with van der Waals surface area (Å²) in [4.78, 5) is 10.3. The van der Waals surface area contributed by atoms with E-state index in [-0.39, 0.29) is 18.3 Å². The second-order valence-corrected chi connectivity index (χ2v) is 10.2. The Kier molecular flexibility index (Phi) is 7.21. The van der Waals surface area contributed by atoms with Crippen molar-refractivity contribution in [3.63, 3.8) is 0 Å². The molecule has 8 heteroatoms. The van der Waals surface area contributed by atoms with Crippen molar-refractivity contribution >= 4 is 0 Å². The highest BCUT2D eigenvalue weighted by Crippen LogP contribution is 2.27. The van der Waals surface area contributed by atoms with Crippen molar-refractivity contribution in [3.05, 3.63) is 0 Å². The van der Waals surface area contributed by atoms with Gasteiger partial charge >= 0.3 is 0 Å². The van der Waals surface area contributed by atoms with E-state index < -0.39 is 6.17 Å². The summed E-state index contributed by atoms with van der Waals surface area (Å²) in [7, 11) is 0. The van der Waals surface area contributed by atoms with Gasteiger partial charge in [0.05, 0.1) is 39.0 Å². The van der Waals surface area contributed by atoms with Crippen molar-refractivity contribution < 1.29 is 24.2 Å². The van der Waals surface area contributed by atoms with Crippen LogP contribution in [0, 0.1) is 11.8 Å². The van der Waals surface area contributed by atoms with E-state index in [1.54, 1.807) is 4.90 Å². The molecule has 8 unspecified atom stereocenters. The van der Waals surface area contributed by atoms with Gasteiger partial charge < -0.3 is 15.0 Å². The van der Waals surface area contributed by atoms with Crippen LogP contribution in [0.25, 0.3) is 0 Å². The first-order valence-corrected chi connectivity index (χ1v) is 12.6. The summed E-state index contributed by atoms with van der Waals surface area (Å²) in [6, 6.07) is 0.446. The fourth-order valence-corrected chi connectivity index (χ4v) is 6.65. The van der Waals surface area contributed by atoms with E-state index in [0.717, 1.165) is 58.7 Å². The highest BCUT2D eigenvalue weighted by Gasteiger charge is 2.45. The third-order valence-corrected chi connectivity index (χ3v) is 8.42. The summed E-state index contributed by atoms with van der Waals surface area (Å²) in [5.74, 6) is 0.842. The number of piperidine rings is 1. The number of quaternary nitrogens is 2. The number of likely N-dealkylation sites (tertiary alicyclic amines) is 1. The monoisotopic (exact) mass is 427 g/mol. The maximum Gasteiger partial charge on any atom is 0.183 e. The normalized spacial score (nSPS) is 46.3. The maximum absolute atomic E-state index is 14.4. The molecule has 4 aliphatic heterocycles. The Labute approximate surface area is 180 Å². The standard InChI is InChI=1S/C22H40FN5O2/c23-18-5-2-1-4-17(18)15-28-9-3-6-19(28)22-25-21(26-30-22)16-7-8-24-20(14-16)27-10-12-29-13-11-27/h16-22,24-26H,1-15H2/p+2. The van der Waals surface area contributed by atoms with Crippen LogP contribution >= 0.6 is 0 Å². The van der Waals surface area contributed by atoms with Gasteiger partial charge in [0.25, 0.3) is 0 Å². The smallest absolute Gasteiger partial charge is 0.183 e. The van der Waals surface area contributed by atoms with Gasteiger partial charge in [-0.15, -0.1) is 0 Å². The topological polar surface area (TPSA) is 66.8 Å². The lowest BCUT2D eigenvalue weighted by molar-refractivity contribution is -0.920. The van der Waals surface area contributed by atoms with Crippen molar-refractivity contribution in [2.24, 2.45) is 11.8 Å². The van der Waals surface area contributed by atoms with Crippen molar-refractivity contribution in [2.75, 3.05) is 45.9 Å². The van der Waals surface area contributed by atoms with Gasteiger partial charge in [-0.3, -0.25) is 10.2 Å². The highest BCUT2D eigenvalue weighted by molar-refractivity contribution is 4.85. The summed E-state index contributed by atoms with van der Waals surface area (Å²) in [5, 5.41) is 6.31. The quantitative estimate of drug-likeness (QED) is 0.452. The number of rotatable bonds is 5. The van der Waals surface area contributed by atoms with Crippen LogP contribution in [0.5, 0.6) is 0 Å². The molecule has 0 bridgehead atoms. The lowest BCUT2D eigenvalue weighted by Gasteiger charge is -2.38. The summed E-state index contributed by atoms with van der Waals surface area (Å²) >= 11 is 0. The third kappa shape index (κ3) is 4.85. The van der Waals surface area contributed by atoms with Crippen molar-refractivity contribution in [1.29, 1.82) is 0 Å². The SMILES string of the molecule is FC1CCCCC1C[NH+]1CCCC1C1NC(C2CC[NH2+]C(N3CCOCC3)C2)NO1. The minimum Gasteiger partial charge on any atom is -0.379 e. The first-order chi connectivity index (χ1) is 14.8. The Morgan fingerprint density at radius 3 is 2.80 bits per heavy atom. The van der Waals surface area contributed by atoms with Gasteiger partial charge in [-0.1, -0.05) is 12.8 Å². The minimum atomic E-state index is -0.591. The molecule has 0 aromatic rings. The number of nitrogens with two attached hydrogens (primary N) is 1. The Hall–Kier alpha value is -0.350. The van der Waals surface area contributed by atoms with E-state index in [0.29, 0.717) is 18.1 Å². The molecule has 7 nitrogen and oxygen atoms in total. The van der Waals surface area contributed by atoms with Crippen molar-refractivity contribution in [3.8, 4) is 0 Å². The van der Waals surface area contributed by atoms with Crippen LogP contribution in [0.1, 0.15) is 51.4 Å². The van der Waals surface area contributed by atoms with Gasteiger partial charge in [0.1, 0.15) is 18.4 Å². The van der Waals surface area contributed by atoms with Gasteiger partial charge in [0.15, 0.2) is 6.23 Å². The first kappa shape index (κ1) is 21.5. The van der Waals surface area contributed by atoms with E-state index in [1.165, 1.54) is 38.6 Å². The van der Waals surface area contributed by atoms with Crippen LogP contribution in [0.4, 0.5) is 4.39 Å². The predicted octanol–water partition coefficient (Wildman–Crippen LogP) is -1.03. The fraction of sp³-hybridized carbons (Fsp3) is 1.00. The molecule has 0 spiro atoms. The molecular formula is C22H42FN5O2+2. The van der Waals surface area contributed by atoms with Crippen LogP contribution in [0.3, 0.4) is 0 Å². The Balaban J connectivity index is 1.14. The van der Waals surface area contributed by atoms with Crippen molar-refractivity contribution in [2.45, 2.75) is 82.1 Å². The van der Waals surface area contributed by atoms with Gasteiger partial charge in [-0.2, -0.15) is 5.48 Å². The first-order valence-electron chi connectivity index (χ1n) is 12.6. The van der Waals surface area contributed by atoms with Gasteiger partial charge in [0.2, 0.25) is 0 Å². The molecular weight excluding hydrogens is 385 g/mol. The molecule has 1 saturated carbocycles. The number of hydroxylamine groups is 1. The number of hydrogen-bond donors (Lipinski definition) is 4. The Morgan fingerprint density at radius 1 is 1.07 bits per heavy atom. The van der Waals surface area contributed by atoms with Gasteiger partial charge in [-0.05, 0) is 12.8 Å². The molecule has 30 heavy (non-hydrogen) atoms. The summed E-state index contributed by atoms with van der Waals surface area (Å²) in [6.07, 6.45) is 9.19. The van der Waals surface area contributed by atoms with Crippen LogP contribution in [-0.2, 0) is 9.57 Å². The molecule has 0 radical (unpaired) electrons. The molecule has 5 N–H and O–H groups in total. The number of alkyl halides is 1. The molecule has 1 aliphatic carbocycles. The van der Waals surface area contributed by atoms with Crippen LogP contribution in [0.15, 0.2) is 0 Å². The number of nitrogens with one attached hydrogen (secondary N) is 3. The van der Waals surface area contributed by atoms with Crippen LogP contribution in [0.2, 0.25) is 0 Å². The average Bonchev–Trinajstić information content (AvgIpc) is 3.46. The van der Waals surface area contributed by atoms with Crippen molar-refractivity contribution in [1.82, 2.24) is 15.7 Å². The second kappa shape index (κ2) is 10.1. The summed E-state index contributed by atoms with van der Waals surface area (Å²) in [6.45, 7) is 7.15. The lowest BCUT2D eigenvalue weighted by Crippen LogP contribution is -3.16. The molecule has 8 atom stereocenters. The fourth-order valence-electron chi connectivity index (χ4n) is 6.65. The van der Waals surface area contributed by atoms with E-state index in [4.69, 9.17) is 9.57 Å². The largest absolute Gasteiger partial charge is 0.379 e. The van der Waals surface area contributed by atoms with E-state index in [9.17, 15) is 4.39 Å². The van der Waals surface area contributed by atoms with E-state index in [2.05, 4.69) is 21.0 Å². The minimum absolute atomic E-state index is 0.0573. The molecule has 172 valence electrons. The molecule has 0 aromatic carbocycles. The predicted molar refractivity (Wildman–Crippen MR) is 111 cm³/mol. The van der Waals surface area contributed by atoms with Crippen LogP contribution in [-0.4, -0.2) is 81.6 Å². The Bertz CT molecular complexity index is 552. The third-order valence-electron chi connectivity index (χ3n) is 8.42. The van der Waals surface area contributed by atoms with E-state index in [1.807, 2.05) is 0 Å². The maximum atomic E-state index is 14.4. The summed E-state index contributed by atoms with van der Waals surface area (Å²) < 4.78 is 19.9. The number of halogens is 1. The number of nitrogens with zero attached hydrogens (tertiary/aromatic N) is 1. The zero-order valence-electron chi connectivity index (χ0n) is 18.4. The zero-order valence-corrected chi connectivity index (χ0v) is 18.4. The molecule has 5 rings (SSSR count). The molecule has 0 aromatic heterocycles. The zero-order chi connectivity index (χ0) is 20.3. The van der Waals surface area contributed by atoms with Crippen LogP contribution < -0.4 is 21.0 Å². The van der Waals surface area contributed by atoms with E-state index >= 15 is 0 Å². The lowest BCUT2D eigenvalue weighted by atomic mass is 9.87. The number of ether oxygens (including phenoxy) is 1. The summed E-state index contributed by atoms with van der Waals surface area (Å²) in [5.41, 5.74) is 3.35. The Morgan fingerprint density at radius 2 is 1.93 bits per heavy atom. The number of hydrogen-bond acceptors (Lipinski definition) is 5. The average molecular weight is 428 g/mol. The van der Waals surface area contributed by atoms with Gasteiger partial charge in [-0.25, -0.2) is 9.29 Å². The van der Waals surface area contributed by atoms with Gasteiger partial charge in [0, 0.05) is 50.6 Å². The molecule has 4 heterocycles. The highest BCUT2D eigenvalue weighted by atomic mass is 19.1. The number of morpholine rings is 1. The molecule has 5 fully saturated rings. The molecule has 0 amide bonds.